The third-order valence-electron chi connectivity index (χ3n) is 3.08. The Bertz CT molecular complexity index is 582. The van der Waals surface area contributed by atoms with Crippen molar-refractivity contribution >= 4 is 23.6 Å². The smallest absolute Gasteiger partial charge is 0.336 e. The van der Waals surface area contributed by atoms with E-state index in [0.717, 1.165) is 12.8 Å². The van der Waals surface area contributed by atoms with Crippen LogP contribution in [0, 0.1) is 6.92 Å². The van der Waals surface area contributed by atoms with E-state index in [-0.39, 0.29) is 24.1 Å². The highest BCUT2D eigenvalue weighted by atomic mass is 16.4. The van der Waals surface area contributed by atoms with E-state index in [0.29, 0.717) is 11.3 Å². The maximum Gasteiger partial charge on any atom is 0.336 e. The van der Waals surface area contributed by atoms with Gasteiger partial charge in [0.2, 0.25) is 5.91 Å². The predicted octanol–water partition coefficient (Wildman–Crippen LogP) is 1.09. The molecular formula is C14H17N3O4. The third kappa shape index (κ3) is 4.48. The molecule has 7 nitrogen and oxygen atoms in total. The molecule has 1 saturated carbocycles. The van der Waals surface area contributed by atoms with Crippen molar-refractivity contribution in [1.29, 1.82) is 0 Å². The topological polar surface area (TPSA) is 108 Å². The first-order chi connectivity index (χ1) is 9.95. The van der Waals surface area contributed by atoms with Crippen LogP contribution in [-0.4, -0.2) is 35.6 Å². The summed E-state index contributed by atoms with van der Waals surface area (Å²) in [5.74, 6) is -1.29. The highest BCUT2D eigenvalue weighted by Gasteiger charge is 2.23. The molecule has 4 N–H and O–H groups in total. The Balaban J connectivity index is 1.85. The van der Waals surface area contributed by atoms with E-state index in [1.54, 1.807) is 19.1 Å². The van der Waals surface area contributed by atoms with Crippen molar-refractivity contribution in [3.05, 3.63) is 29.3 Å². The second kappa shape index (κ2) is 6.25. The van der Waals surface area contributed by atoms with Gasteiger partial charge in [-0.15, -0.1) is 0 Å². The van der Waals surface area contributed by atoms with Crippen LogP contribution >= 0.6 is 0 Å². The van der Waals surface area contributed by atoms with Crippen LogP contribution in [0.2, 0.25) is 0 Å². The molecular weight excluding hydrogens is 274 g/mol. The zero-order valence-electron chi connectivity index (χ0n) is 11.6. The molecule has 0 atom stereocenters. The number of carbonyl (C=O) groups is 3. The Kier molecular flexibility index (Phi) is 4.42. The molecule has 1 aromatic rings. The number of carboxylic acids is 1. The predicted molar refractivity (Wildman–Crippen MR) is 76.3 cm³/mol. The number of hydrogen-bond donors (Lipinski definition) is 4. The molecule has 0 spiro atoms. The first-order valence-electron chi connectivity index (χ1n) is 6.64. The fourth-order valence-corrected chi connectivity index (χ4v) is 1.77. The summed E-state index contributed by atoms with van der Waals surface area (Å²) in [6.07, 6.45) is 1.97. The van der Waals surface area contributed by atoms with Gasteiger partial charge >= 0.3 is 12.0 Å². The van der Waals surface area contributed by atoms with Gasteiger partial charge in [0.25, 0.3) is 0 Å². The van der Waals surface area contributed by atoms with Crippen molar-refractivity contribution in [2.24, 2.45) is 0 Å². The highest BCUT2D eigenvalue weighted by Crippen LogP contribution is 2.18. The summed E-state index contributed by atoms with van der Waals surface area (Å²) < 4.78 is 0. The number of urea groups is 1. The van der Waals surface area contributed by atoms with Gasteiger partial charge in [0.05, 0.1) is 12.1 Å². The normalized spacial score (nSPS) is 13.4. The van der Waals surface area contributed by atoms with Crippen molar-refractivity contribution in [1.82, 2.24) is 10.6 Å². The quantitative estimate of drug-likeness (QED) is 0.651. The average molecular weight is 291 g/mol. The molecule has 7 heteroatoms. The van der Waals surface area contributed by atoms with Gasteiger partial charge in [-0.25, -0.2) is 9.59 Å². The number of carbonyl (C=O) groups excluding carboxylic acids is 2. The van der Waals surface area contributed by atoms with E-state index >= 15 is 0 Å². The Labute approximate surface area is 121 Å². The second-order valence-corrected chi connectivity index (χ2v) is 4.98. The fourth-order valence-electron chi connectivity index (χ4n) is 1.77. The first-order valence-corrected chi connectivity index (χ1v) is 6.64. The number of amides is 3. The number of nitrogens with one attached hydrogen (secondary N) is 3. The number of aromatic carboxylic acids is 1. The summed E-state index contributed by atoms with van der Waals surface area (Å²) in [7, 11) is 0. The van der Waals surface area contributed by atoms with Crippen LogP contribution in [0.25, 0.3) is 0 Å². The Morgan fingerprint density at radius 1 is 1.29 bits per heavy atom. The third-order valence-corrected chi connectivity index (χ3v) is 3.08. The molecule has 21 heavy (non-hydrogen) atoms. The second-order valence-electron chi connectivity index (χ2n) is 4.98. The van der Waals surface area contributed by atoms with Crippen LogP contribution in [0.5, 0.6) is 0 Å². The van der Waals surface area contributed by atoms with Gasteiger partial charge in [0, 0.05) is 11.7 Å². The molecule has 1 aliphatic rings. The van der Waals surface area contributed by atoms with E-state index in [9.17, 15) is 14.4 Å². The van der Waals surface area contributed by atoms with Crippen LogP contribution in [0.3, 0.4) is 0 Å². The zero-order valence-corrected chi connectivity index (χ0v) is 11.6. The molecule has 3 amide bonds. The number of rotatable bonds is 5. The van der Waals surface area contributed by atoms with Crippen LogP contribution < -0.4 is 16.0 Å². The van der Waals surface area contributed by atoms with Gasteiger partial charge in [0.1, 0.15) is 0 Å². The molecule has 0 heterocycles. The molecule has 1 aromatic carbocycles. The number of hydrogen-bond acceptors (Lipinski definition) is 3. The average Bonchev–Trinajstić information content (AvgIpc) is 3.22. The summed E-state index contributed by atoms with van der Waals surface area (Å²) in [6.45, 7) is 1.56. The summed E-state index contributed by atoms with van der Waals surface area (Å²) in [5.41, 5.74) is 1.09. The molecule has 0 saturated heterocycles. The molecule has 2 rings (SSSR count). The van der Waals surface area contributed by atoms with Crippen LogP contribution in [0.4, 0.5) is 10.5 Å². The fraction of sp³-hybridized carbons (Fsp3) is 0.357. The van der Waals surface area contributed by atoms with E-state index < -0.39 is 12.0 Å². The Morgan fingerprint density at radius 2 is 2.00 bits per heavy atom. The van der Waals surface area contributed by atoms with Gasteiger partial charge in [-0.2, -0.15) is 0 Å². The SMILES string of the molecule is Cc1ccc(NC(=O)NCC(=O)NC2CC2)cc1C(=O)O. The molecule has 0 aliphatic heterocycles. The lowest BCUT2D eigenvalue weighted by atomic mass is 10.1. The largest absolute Gasteiger partial charge is 0.478 e. The monoisotopic (exact) mass is 291 g/mol. The molecule has 0 bridgehead atoms. The number of carboxylic acid groups (broad SMARTS) is 1. The first kappa shape index (κ1) is 14.8. The summed E-state index contributed by atoms with van der Waals surface area (Å²) in [6, 6.07) is 4.28. The minimum absolute atomic E-state index is 0.111. The van der Waals surface area contributed by atoms with Crippen molar-refractivity contribution in [2.45, 2.75) is 25.8 Å². The summed E-state index contributed by atoms with van der Waals surface area (Å²) >= 11 is 0. The van der Waals surface area contributed by atoms with Crippen molar-refractivity contribution < 1.29 is 19.5 Å². The minimum atomic E-state index is -1.06. The van der Waals surface area contributed by atoms with Crippen molar-refractivity contribution in [3.8, 4) is 0 Å². The lowest BCUT2D eigenvalue weighted by molar-refractivity contribution is -0.120. The Morgan fingerprint density at radius 3 is 2.62 bits per heavy atom. The lowest BCUT2D eigenvalue weighted by Crippen LogP contribution is -2.39. The van der Waals surface area contributed by atoms with Gasteiger partial charge in [-0.05, 0) is 37.5 Å². The molecule has 1 aliphatic carbocycles. The Hall–Kier alpha value is -2.57. The van der Waals surface area contributed by atoms with Gasteiger partial charge in [0.15, 0.2) is 0 Å². The van der Waals surface area contributed by atoms with Crippen LogP contribution in [-0.2, 0) is 4.79 Å². The molecule has 1 fully saturated rings. The maximum atomic E-state index is 11.6. The van der Waals surface area contributed by atoms with E-state index in [2.05, 4.69) is 16.0 Å². The minimum Gasteiger partial charge on any atom is -0.478 e. The maximum absolute atomic E-state index is 11.6. The van der Waals surface area contributed by atoms with E-state index in [4.69, 9.17) is 5.11 Å². The molecule has 0 unspecified atom stereocenters. The summed E-state index contributed by atoms with van der Waals surface area (Å²) in [5, 5.41) is 16.7. The van der Waals surface area contributed by atoms with Gasteiger partial charge < -0.3 is 21.1 Å². The zero-order chi connectivity index (χ0) is 15.4. The molecule has 112 valence electrons. The van der Waals surface area contributed by atoms with E-state index in [1.165, 1.54) is 6.07 Å². The van der Waals surface area contributed by atoms with Crippen molar-refractivity contribution in [2.75, 3.05) is 11.9 Å². The van der Waals surface area contributed by atoms with Gasteiger partial charge in [-0.1, -0.05) is 6.07 Å². The van der Waals surface area contributed by atoms with Crippen molar-refractivity contribution in [3.63, 3.8) is 0 Å². The van der Waals surface area contributed by atoms with E-state index in [1.807, 2.05) is 0 Å². The lowest BCUT2D eigenvalue weighted by Gasteiger charge is -2.09. The standard InChI is InChI=1S/C14H17N3O4/c1-8-2-3-10(6-11(8)13(19)20)17-14(21)15-7-12(18)16-9-4-5-9/h2-3,6,9H,4-5,7H2,1H3,(H,16,18)(H,19,20)(H2,15,17,21). The number of anilines is 1. The molecule has 0 aromatic heterocycles. The number of benzene rings is 1. The highest BCUT2D eigenvalue weighted by molar-refractivity contribution is 5.95. The van der Waals surface area contributed by atoms with Crippen LogP contribution in [0.1, 0.15) is 28.8 Å². The molecule has 0 radical (unpaired) electrons. The van der Waals surface area contributed by atoms with Gasteiger partial charge in [-0.3, -0.25) is 4.79 Å². The number of aryl methyl sites for hydroxylation is 1. The summed E-state index contributed by atoms with van der Waals surface area (Å²) in [4.78, 5) is 34.0. The van der Waals surface area contributed by atoms with Crippen LogP contribution in [0.15, 0.2) is 18.2 Å².